The molecule has 0 aromatic heterocycles. The monoisotopic (exact) mass is 206 g/mol. The van der Waals surface area contributed by atoms with Crippen LogP contribution >= 0.6 is 0 Å². The van der Waals surface area contributed by atoms with Crippen LogP contribution in [0, 0.1) is 13.8 Å². The van der Waals surface area contributed by atoms with Gasteiger partial charge in [0.05, 0.1) is 0 Å². The Kier molecular flexibility index (Phi) is 3.72. The Morgan fingerprint density at radius 3 is 2.73 bits per heavy atom. The number of rotatable bonds is 4. The summed E-state index contributed by atoms with van der Waals surface area (Å²) in [5.41, 5.74) is 8.59. The van der Waals surface area contributed by atoms with Crippen molar-refractivity contribution in [2.24, 2.45) is 5.73 Å². The van der Waals surface area contributed by atoms with Crippen LogP contribution in [0.4, 0.5) is 5.69 Å². The van der Waals surface area contributed by atoms with Gasteiger partial charge < -0.3 is 11.1 Å². The SMILES string of the molecule is Cc1ccc(C)c(NC(C)CC(N)=O)c1. The first-order valence-electron chi connectivity index (χ1n) is 5.11. The molecule has 1 unspecified atom stereocenters. The van der Waals surface area contributed by atoms with E-state index in [1.165, 1.54) is 11.1 Å². The minimum atomic E-state index is -0.277. The zero-order valence-electron chi connectivity index (χ0n) is 9.50. The Bertz CT molecular complexity index is 361. The number of carbonyl (C=O) groups excluding carboxylic acids is 1. The minimum absolute atomic E-state index is 0.0722. The number of hydrogen-bond donors (Lipinski definition) is 2. The van der Waals surface area contributed by atoms with E-state index < -0.39 is 0 Å². The molecule has 82 valence electrons. The maximum absolute atomic E-state index is 10.7. The summed E-state index contributed by atoms with van der Waals surface area (Å²) in [6, 6.07) is 6.28. The highest BCUT2D eigenvalue weighted by Gasteiger charge is 2.07. The van der Waals surface area contributed by atoms with Crippen molar-refractivity contribution in [3.8, 4) is 0 Å². The summed E-state index contributed by atoms with van der Waals surface area (Å²) in [5, 5.41) is 3.28. The highest BCUT2D eigenvalue weighted by atomic mass is 16.1. The molecule has 0 heterocycles. The van der Waals surface area contributed by atoms with E-state index in [0.29, 0.717) is 6.42 Å². The third-order valence-corrected chi connectivity index (χ3v) is 2.30. The highest BCUT2D eigenvalue weighted by Crippen LogP contribution is 2.17. The quantitative estimate of drug-likeness (QED) is 0.791. The molecule has 1 aromatic rings. The normalized spacial score (nSPS) is 12.2. The van der Waals surface area contributed by atoms with Crippen LogP contribution in [0.2, 0.25) is 0 Å². The number of carbonyl (C=O) groups is 1. The molecule has 3 nitrogen and oxygen atoms in total. The van der Waals surface area contributed by atoms with Gasteiger partial charge in [0.15, 0.2) is 0 Å². The van der Waals surface area contributed by atoms with Crippen molar-refractivity contribution in [3.63, 3.8) is 0 Å². The fraction of sp³-hybridized carbons (Fsp3) is 0.417. The summed E-state index contributed by atoms with van der Waals surface area (Å²) in [7, 11) is 0. The van der Waals surface area contributed by atoms with E-state index in [1.807, 2.05) is 20.8 Å². The lowest BCUT2D eigenvalue weighted by atomic mass is 10.1. The molecule has 0 saturated heterocycles. The largest absolute Gasteiger partial charge is 0.382 e. The van der Waals surface area contributed by atoms with Gasteiger partial charge in [-0.25, -0.2) is 0 Å². The molecule has 1 amide bonds. The van der Waals surface area contributed by atoms with Gasteiger partial charge in [0.1, 0.15) is 0 Å². The average molecular weight is 206 g/mol. The van der Waals surface area contributed by atoms with Crippen molar-refractivity contribution in [3.05, 3.63) is 29.3 Å². The van der Waals surface area contributed by atoms with Crippen LogP contribution in [0.3, 0.4) is 0 Å². The van der Waals surface area contributed by atoms with E-state index in [0.717, 1.165) is 5.69 Å². The van der Waals surface area contributed by atoms with Crippen molar-refractivity contribution >= 4 is 11.6 Å². The minimum Gasteiger partial charge on any atom is -0.382 e. The molecule has 0 radical (unpaired) electrons. The molecule has 1 atom stereocenters. The lowest BCUT2D eigenvalue weighted by molar-refractivity contribution is -0.118. The number of nitrogens with one attached hydrogen (secondary N) is 1. The Balaban J connectivity index is 2.71. The Morgan fingerprint density at radius 1 is 1.47 bits per heavy atom. The van der Waals surface area contributed by atoms with Crippen LogP contribution in [-0.2, 0) is 4.79 Å². The van der Waals surface area contributed by atoms with E-state index >= 15 is 0 Å². The maximum Gasteiger partial charge on any atom is 0.219 e. The summed E-state index contributed by atoms with van der Waals surface area (Å²) >= 11 is 0. The first-order chi connectivity index (χ1) is 6.99. The van der Waals surface area contributed by atoms with Gasteiger partial charge in [0.2, 0.25) is 5.91 Å². The van der Waals surface area contributed by atoms with E-state index in [1.54, 1.807) is 0 Å². The second-order valence-electron chi connectivity index (χ2n) is 4.03. The topological polar surface area (TPSA) is 55.1 Å². The van der Waals surface area contributed by atoms with Crippen molar-refractivity contribution < 1.29 is 4.79 Å². The van der Waals surface area contributed by atoms with Crippen LogP contribution in [-0.4, -0.2) is 11.9 Å². The molecule has 3 N–H and O–H groups in total. The molecular weight excluding hydrogens is 188 g/mol. The van der Waals surface area contributed by atoms with Crippen LogP contribution in [0.1, 0.15) is 24.5 Å². The lowest BCUT2D eigenvalue weighted by Gasteiger charge is -2.16. The molecule has 1 aromatic carbocycles. The van der Waals surface area contributed by atoms with Crippen molar-refractivity contribution in [1.82, 2.24) is 0 Å². The van der Waals surface area contributed by atoms with Crippen molar-refractivity contribution in [2.75, 3.05) is 5.32 Å². The molecule has 0 spiro atoms. The van der Waals surface area contributed by atoms with Gasteiger partial charge in [-0.15, -0.1) is 0 Å². The Hall–Kier alpha value is -1.51. The second kappa shape index (κ2) is 4.82. The summed E-state index contributed by atoms with van der Waals surface area (Å²) in [6.07, 6.45) is 0.355. The predicted molar refractivity (Wildman–Crippen MR) is 62.8 cm³/mol. The molecule has 3 heteroatoms. The van der Waals surface area contributed by atoms with Crippen molar-refractivity contribution in [1.29, 1.82) is 0 Å². The van der Waals surface area contributed by atoms with Gasteiger partial charge in [0.25, 0.3) is 0 Å². The predicted octanol–water partition coefficient (Wildman–Crippen LogP) is 1.98. The zero-order valence-corrected chi connectivity index (χ0v) is 9.50. The number of benzene rings is 1. The number of nitrogens with two attached hydrogens (primary N) is 1. The van der Waals surface area contributed by atoms with E-state index in [2.05, 4.69) is 23.5 Å². The molecule has 0 bridgehead atoms. The van der Waals surface area contributed by atoms with E-state index in [9.17, 15) is 4.79 Å². The highest BCUT2D eigenvalue weighted by molar-refractivity contribution is 5.75. The van der Waals surface area contributed by atoms with Crippen LogP contribution in [0.5, 0.6) is 0 Å². The van der Waals surface area contributed by atoms with Gasteiger partial charge in [-0.05, 0) is 38.0 Å². The first kappa shape index (κ1) is 11.6. The van der Waals surface area contributed by atoms with Crippen LogP contribution < -0.4 is 11.1 Å². The number of primary amides is 1. The fourth-order valence-corrected chi connectivity index (χ4v) is 1.51. The number of anilines is 1. The van der Waals surface area contributed by atoms with Gasteiger partial charge in [0, 0.05) is 18.2 Å². The zero-order chi connectivity index (χ0) is 11.4. The number of aryl methyl sites for hydroxylation is 2. The molecule has 1 rings (SSSR count). The van der Waals surface area contributed by atoms with Crippen molar-refractivity contribution in [2.45, 2.75) is 33.2 Å². The molecule has 0 saturated carbocycles. The molecule has 0 aliphatic carbocycles. The molecule has 15 heavy (non-hydrogen) atoms. The molecular formula is C12H18N2O. The Labute approximate surface area is 90.7 Å². The summed E-state index contributed by atoms with van der Waals surface area (Å²) in [6.45, 7) is 6.04. The lowest BCUT2D eigenvalue weighted by Crippen LogP contribution is -2.24. The molecule has 0 aliphatic rings. The van der Waals surface area contributed by atoms with E-state index in [4.69, 9.17) is 5.73 Å². The van der Waals surface area contributed by atoms with Crippen LogP contribution in [0.15, 0.2) is 18.2 Å². The van der Waals surface area contributed by atoms with Gasteiger partial charge >= 0.3 is 0 Å². The second-order valence-corrected chi connectivity index (χ2v) is 4.03. The average Bonchev–Trinajstić information content (AvgIpc) is 2.10. The molecule has 0 fully saturated rings. The van der Waals surface area contributed by atoms with Gasteiger partial charge in [-0.3, -0.25) is 4.79 Å². The van der Waals surface area contributed by atoms with Gasteiger partial charge in [-0.1, -0.05) is 12.1 Å². The number of hydrogen-bond acceptors (Lipinski definition) is 2. The third kappa shape index (κ3) is 3.62. The first-order valence-corrected chi connectivity index (χ1v) is 5.11. The standard InChI is InChI=1S/C12H18N2O/c1-8-4-5-9(2)11(6-8)14-10(3)7-12(13)15/h4-6,10,14H,7H2,1-3H3,(H2,13,15). The Morgan fingerprint density at radius 2 is 2.13 bits per heavy atom. The smallest absolute Gasteiger partial charge is 0.219 e. The summed E-state index contributed by atoms with van der Waals surface area (Å²) in [5.74, 6) is -0.277. The van der Waals surface area contributed by atoms with Gasteiger partial charge in [-0.2, -0.15) is 0 Å². The van der Waals surface area contributed by atoms with E-state index in [-0.39, 0.29) is 11.9 Å². The summed E-state index contributed by atoms with van der Waals surface area (Å²) < 4.78 is 0. The maximum atomic E-state index is 10.7. The number of amides is 1. The van der Waals surface area contributed by atoms with Crippen LogP contribution in [0.25, 0.3) is 0 Å². The summed E-state index contributed by atoms with van der Waals surface area (Å²) in [4.78, 5) is 10.7. The fourth-order valence-electron chi connectivity index (χ4n) is 1.51. The third-order valence-electron chi connectivity index (χ3n) is 2.30. The molecule has 0 aliphatic heterocycles.